The third-order valence-corrected chi connectivity index (χ3v) is 3.01. The molecule has 1 aromatic rings. The standard InChI is InChI=1S/C17H29NO2/c1-3-5-13-19-14-6-11-18-15-16-7-9-17(10-8-16)20-12-4-2/h7-10,18H,3-6,11-15H2,1-2H3. The van der Waals surface area contributed by atoms with Crippen LogP contribution in [0.3, 0.4) is 0 Å². The van der Waals surface area contributed by atoms with Crippen molar-refractivity contribution in [3.63, 3.8) is 0 Å². The van der Waals surface area contributed by atoms with E-state index in [2.05, 4.69) is 31.3 Å². The second kappa shape index (κ2) is 11.7. The van der Waals surface area contributed by atoms with E-state index in [4.69, 9.17) is 9.47 Å². The number of nitrogens with one attached hydrogen (secondary N) is 1. The van der Waals surface area contributed by atoms with Gasteiger partial charge in [-0.3, -0.25) is 0 Å². The molecule has 3 heteroatoms. The van der Waals surface area contributed by atoms with Crippen molar-refractivity contribution in [2.45, 2.75) is 46.1 Å². The van der Waals surface area contributed by atoms with E-state index in [0.29, 0.717) is 0 Å². The van der Waals surface area contributed by atoms with E-state index in [1.54, 1.807) is 0 Å². The molecule has 3 nitrogen and oxygen atoms in total. The number of benzene rings is 1. The van der Waals surface area contributed by atoms with E-state index in [1.807, 2.05) is 12.1 Å². The Bertz CT molecular complexity index is 324. The minimum Gasteiger partial charge on any atom is -0.494 e. The first kappa shape index (κ1) is 17.0. The molecule has 0 bridgehead atoms. The first-order valence-corrected chi connectivity index (χ1v) is 7.87. The van der Waals surface area contributed by atoms with E-state index in [9.17, 15) is 0 Å². The number of hydrogen-bond donors (Lipinski definition) is 1. The fourth-order valence-electron chi connectivity index (χ4n) is 1.80. The Morgan fingerprint density at radius 3 is 2.35 bits per heavy atom. The lowest BCUT2D eigenvalue weighted by molar-refractivity contribution is 0.129. The van der Waals surface area contributed by atoms with E-state index in [1.165, 1.54) is 18.4 Å². The number of rotatable bonds is 12. The Morgan fingerprint density at radius 1 is 0.900 bits per heavy atom. The van der Waals surface area contributed by atoms with Crippen LogP contribution in [0.2, 0.25) is 0 Å². The molecular weight excluding hydrogens is 250 g/mol. The van der Waals surface area contributed by atoms with E-state index in [-0.39, 0.29) is 0 Å². The van der Waals surface area contributed by atoms with Gasteiger partial charge in [-0.05, 0) is 43.5 Å². The number of ether oxygens (including phenoxy) is 2. The summed E-state index contributed by atoms with van der Waals surface area (Å²) in [4.78, 5) is 0. The molecule has 0 atom stereocenters. The zero-order valence-electron chi connectivity index (χ0n) is 13.0. The van der Waals surface area contributed by atoms with Crippen LogP contribution in [0.15, 0.2) is 24.3 Å². The van der Waals surface area contributed by atoms with Crippen LogP contribution in [0.5, 0.6) is 5.75 Å². The predicted octanol–water partition coefficient (Wildman–Crippen LogP) is 3.77. The van der Waals surface area contributed by atoms with Gasteiger partial charge in [0.1, 0.15) is 5.75 Å². The lowest BCUT2D eigenvalue weighted by Gasteiger charge is -2.08. The molecule has 0 saturated carbocycles. The molecule has 0 heterocycles. The smallest absolute Gasteiger partial charge is 0.119 e. The van der Waals surface area contributed by atoms with Crippen LogP contribution in [0.4, 0.5) is 0 Å². The molecule has 0 unspecified atom stereocenters. The van der Waals surface area contributed by atoms with Crippen molar-refractivity contribution >= 4 is 0 Å². The summed E-state index contributed by atoms with van der Waals surface area (Å²) in [6.45, 7) is 8.75. The Morgan fingerprint density at radius 2 is 1.65 bits per heavy atom. The summed E-state index contributed by atoms with van der Waals surface area (Å²) < 4.78 is 11.1. The van der Waals surface area contributed by atoms with Gasteiger partial charge in [-0.2, -0.15) is 0 Å². The van der Waals surface area contributed by atoms with Gasteiger partial charge in [0.05, 0.1) is 6.61 Å². The van der Waals surface area contributed by atoms with Crippen LogP contribution in [0.1, 0.15) is 45.1 Å². The molecule has 0 aliphatic rings. The SMILES string of the molecule is CCCCOCCCNCc1ccc(OCCC)cc1. The topological polar surface area (TPSA) is 30.5 Å². The summed E-state index contributed by atoms with van der Waals surface area (Å²) in [5.41, 5.74) is 1.29. The molecule has 1 aromatic carbocycles. The molecule has 1 rings (SSSR count). The molecule has 0 amide bonds. The molecule has 20 heavy (non-hydrogen) atoms. The average Bonchev–Trinajstić information content (AvgIpc) is 2.49. The number of unbranched alkanes of at least 4 members (excludes halogenated alkanes) is 1. The Kier molecular flexibility index (Phi) is 9.98. The van der Waals surface area contributed by atoms with Crippen molar-refractivity contribution in [2.24, 2.45) is 0 Å². The van der Waals surface area contributed by atoms with Crippen LogP contribution in [-0.2, 0) is 11.3 Å². The molecule has 0 saturated heterocycles. The van der Waals surface area contributed by atoms with E-state index < -0.39 is 0 Å². The summed E-state index contributed by atoms with van der Waals surface area (Å²) in [7, 11) is 0. The van der Waals surface area contributed by atoms with Crippen molar-refractivity contribution in [3.8, 4) is 5.75 Å². The van der Waals surface area contributed by atoms with Crippen LogP contribution in [0, 0.1) is 0 Å². The summed E-state index contributed by atoms with van der Waals surface area (Å²) in [5.74, 6) is 0.958. The van der Waals surface area contributed by atoms with Gasteiger partial charge in [0, 0.05) is 19.8 Å². The van der Waals surface area contributed by atoms with E-state index in [0.717, 1.165) is 51.5 Å². The Hall–Kier alpha value is -1.06. The highest BCUT2D eigenvalue weighted by Gasteiger charge is 1.95. The number of hydrogen-bond acceptors (Lipinski definition) is 3. The lowest BCUT2D eigenvalue weighted by atomic mass is 10.2. The maximum absolute atomic E-state index is 5.56. The molecule has 0 aliphatic heterocycles. The minimum atomic E-state index is 0.787. The second-order valence-corrected chi connectivity index (χ2v) is 4.99. The maximum Gasteiger partial charge on any atom is 0.119 e. The molecular formula is C17H29NO2. The molecule has 0 aliphatic carbocycles. The molecule has 0 spiro atoms. The molecule has 1 N–H and O–H groups in total. The fourth-order valence-corrected chi connectivity index (χ4v) is 1.80. The monoisotopic (exact) mass is 279 g/mol. The first-order valence-electron chi connectivity index (χ1n) is 7.87. The van der Waals surface area contributed by atoms with Gasteiger partial charge >= 0.3 is 0 Å². The summed E-state index contributed by atoms with van der Waals surface area (Å²) >= 11 is 0. The first-order chi connectivity index (χ1) is 9.86. The third-order valence-electron chi connectivity index (χ3n) is 3.01. The van der Waals surface area contributed by atoms with Gasteiger partial charge in [0.25, 0.3) is 0 Å². The highest BCUT2D eigenvalue weighted by molar-refractivity contribution is 5.27. The van der Waals surface area contributed by atoms with Crippen molar-refractivity contribution < 1.29 is 9.47 Å². The minimum absolute atomic E-state index is 0.787. The van der Waals surface area contributed by atoms with Gasteiger partial charge in [-0.25, -0.2) is 0 Å². The maximum atomic E-state index is 5.56. The van der Waals surface area contributed by atoms with Gasteiger partial charge < -0.3 is 14.8 Å². The van der Waals surface area contributed by atoms with Crippen LogP contribution < -0.4 is 10.1 Å². The van der Waals surface area contributed by atoms with Crippen LogP contribution in [0.25, 0.3) is 0 Å². The molecule has 0 fully saturated rings. The molecule has 0 aromatic heterocycles. The second-order valence-electron chi connectivity index (χ2n) is 4.99. The van der Waals surface area contributed by atoms with Crippen molar-refractivity contribution in [2.75, 3.05) is 26.4 Å². The third kappa shape index (κ3) is 8.18. The van der Waals surface area contributed by atoms with E-state index >= 15 is 0 Å². The summed E-state index contributed by atoms with van der Waals surface area (Å²) in [6.07, 6.45) is 4.49. The van der Waals surface area contributed by atoms with Gasteiger partial charge in [-0.1, -0.05) is 32.4 Å². The lowest BCUT2D eigenvalue weighted by Crippen LogP contribution is -2.16. The predicted molar refractivity (Wildman–Crippen MR) is 84.3 cm³/mol. The van der Waals surface area contributed by atoms with Gasteiger partial charge in [0.2, 0.25) is 0 Å². The quantitative estimate of drug-likeness (QED) is 0.591. The summed E-state index contributed by atoms with van der Waals surface area (Å²) in [5, 5.41) is 3.43. The van der Waals surface area contributed by atoms with Crippen molar-refractivity contribution in [3.05, 3.63) is 29.8 Å². The summed E-state index contributed by atoms with van der Waals surface area (Å²) in [6, 6.07) is 8.33. The Labute approximate surface area is 123 Å². The fraction of sp³-hybridized carbons (Fsp3) is 0.647. The van der Waals surface area contributed by atoms with Gasteiger partial charge in [-0.15, -0.1) is 0 Å². The normalized spacial score (nSPS) is 10.7. The highest BCUT2D eigenvalue weighted by Crippen LogP contribution is 2.12. The van der Waals surface area contributed by atoms with Crippen LogP contribution >= 0.6 is 0 Å². The highest BCUT2D eigenvalue weighted by atomic mass is 16.5. The van der Waals surface area contributed by atoms with Crippen molar-refractivity contribution in [1.29, 1.82) is 0 Å². The largest absolute Gasteiger partial charge is 0.494 e. The van der Waals surface area contributed by atoms with Crippen molar-refractivity contribution in [1.82, 2.24) is 5.32 Å². The average molecular weight is 279 g/mol. The zero-order chi connectivity index (χ0) is 14.5. The van der Waals surface area contributed by atoms with Crippen LogP contribution in [-0.4, -0.2) is 26.4 Å². The molecule has 114 valence electrons. The van der Waals surface area contributed by atoms with Gasteiger partial charge in [0.15, 0.2) is 0 Å². The molecule has 0 radical (unpaired) electrons. The Balaban J connectivity index is 2.04. The zero-order valence-corrected chi connectivity index (χ0v) is 13.0.